The van der Waals surface area contributed by atoms with E-state index in [2.05, 4.69) is 26.8 Å². The fraction of sp³-hybridized carbons (Fsp3) is 0.700. The van der Waals surface area contributed by atoms with Crippen LogP contribution in [0.5, 0.6) is 0 Å². The Morgan fingerprint density at radius 1 is 1.42 bits per heavy atom. The van der Waals surface area contributed by atoms with Crippen LogP contribution in [-0.2, 0) is 4.79 Å². The van der Waals surface area contributed by atoms with E-state index in [1.54, 1.807) is 0 Å². The molecule has 2 nitrogen and oxygen atoms in total. The van der Waals surface area contributed by atoms with E-state index >= 15 is 0 Å². The number of carboxylic acids is 1. The van der Waals surface area contributed by atoms with Crippen molar-refractivity contribution < 1.29 is 9.90 Å². The third kappa shape index (κ3) is 7.32. The molecule has 0 fully saturated rings. The third-order valence-corrected chi connectivity index (χ3v) is 1.58. The zero-order valence-electron chi connectivity index (χ0n) is 8.13. The van der Waals surface area contributed by atoms with E-state index in [0.29, 0.717) is 5.92 Å². The van der Waals surface area contributed by atoms with Crippen LogP contribution < -0.4 is 0 Å². The lowest BCUT2D eigenvalue weighted by Gasteiger charge is -2.01. The predicted molar refractivity (Wildman–Crippen MR) is 50.1 cm³/mol. The molecular weight excluding hydrogens is 152 g/mol. The minimum absolute atomic E-state index is 0.281. The predicted octanol–water partition coefficient (Wildman–Crippen LogP) is 2.84. The minimum atomic E-state index is -0.702. The molecule has 0 aromatic rings. The second kappa shape index (κ2) is 5.81. The van der Waals surface area contributed by atoms with Gasteiger partial charge in [-0.1, -0.05) is 25.5 Å². The van der Waals surface area contributed by atoms with Gasteiger partial charge in [-0.2, -0.15) is 0 Å². The topological polar surface area (TPSA) is 37.3 Å². The molecule has 0 aliphatic carbocycles. The van der Waals surface area contributed by atoms with Gasteiger partial charge in [0, 0.05) is 6.42 Å². The van der Waals surface area contributed by atoms with Gasteiger partial charge in [-0.25, -0.2) is 0 Å². The SMILES string of the molecule is CC(=CC(C)C)CCCC(=O)O. The largest absolute Gasteiger partial charge is 0.481 e. The second-order valence-electron chi connectivity index (χ2n) is 3.50. The molecule has 0 heterocycles. The van der Waals surface area contributed by atoms with E-state index < -0.39 is 5.97 Å². The molecule has 2 heteroatoms. The summed E-state index contributed by atoms with van der Waals surface area (Å²) in [5.41, 5.74) is 1.30. The zero-order valence-corrected chi connectivity index (χ0v) is 8.13. The lowest BCUT2D eigenvalue weighted by molar-refractivity contribution is -0.137. The van der Waals surface area contributed by atoms with Crippen molar-refractivity contribution in [3.8, 4) is 0 Å². The van der Waals surface area contributed by atoms with Gasteiger partial charge < -0.3 is 5.11 Å². The molecule has 1 N–H and O–H groups in total. The second-order valence-corrected chi connectivity index (χ2v) is 3.50. The van der Waals surface area contributed by atoms with Crippen LogP contribution in [0.2, 0.25) is 0 Å². The molecule has 0 saturated heterocycles. The highest BCUT2D eigenvalue weighted by Gasteiger charge is 1.97. The van der Waals surface area contributed by atoms with E-state index in [0.717, 1.165) is 12.8 Å². The number of carbonyl (C=O) groups is 1. The average molecular weight is 170 g/mol. The highest BCUT2D eigenvalue weighted by molar-refractivity contribution is 5.66. The smallest absolute Gasteiger partial charge is 0.303 e. The minimum Gasteiger partial charge on any atom is -0.481 e. The summed E-state index contributed by atoms with van der Waals surface area (Å²) < 4.78 is 0. The summed E-state index contributed by atoms with van der Waals surface area (Å²) >= 11 is 0. The van der Waals surface area contributed by atoms with Gasteiger partial charge >= 0.3 is 5.97 Å². The molecule has 0 spiro atoms. The van der Waals surface area contributed by atoms with Crippen LogP contribution in [-0.4, -0.2) is 11.1 Å². The quantitative estimate of drug-likeness (QED) is 0.644. The summed E-state index contributed by atoms with van der Waals surface area (Å²) in [6.07, 6.45) is 4.12. The highest BCUT2D eigenvalue weighted by atomic mass is 16.4. The lowest BCUT2D eigenvalue weighted by Crippen LogP contribution is -1.94. The van der Waals surface area contributed by atoms with Crippen molar-refractivity contribution in [3.63, 3.8) is 0 Å². The number of hydrogen-bond acceptors (Lipinski definition) is 1. The van der Waals surface area contributed by atoms with Crippen LogP contribution >= 0.6 is 0 Å². The van der Waals surface area contributed by atoms with Crippen molar-refractivity contribution >= 4 is 5.97 Å². The molecule has 0 unspecified atom stereocenters. The maximum absolute atomic E-state index is 10.2. The summed E-state index contributed by atoms with van der Waals surface area (Å²) in [5, 5.41) is 8.39. The molecule has 0 rings (SSSR count). The van der Waals surface area contributed by atoms with Crippen molar-refractivity contribution in [2.45, 2.75) is 40.0 Å². The molecule has 0 radical (unpaired) electrons. The fourth-order valence-corrected chi connectivity index (χ4v) is 1.17. The summed E-state index contributed by atoms with van der Waals surface area (Å²) in [6, 6.07) is 0. The maximum Gasteiger partial charge on any atom is 0.303 e. The fourth-order valence-electron chi connectivity index (χ4n) is 1.17. The van der Waals surface area contributed by atoms with Crippen LogP contribution in [0, 0.1) is 5.92 Å². The molecule has 0 bridgehead atoms. The molecule has 0 aliphatic rings. The Bertz CT molecular complexity index is 169. The molecule has 0 atom stereocenters. The molecule has 0 aromatic carbocycles. The Labute approximate surface area is 74.3 Å². The Balaban J connectivity index is 3.57. The average Bonchev–Trinajstić information content (AvgIpc) is 1.84. The summed E-state index contributed by atoms with van der Waals surface area (Å²) in [5.74, 6) is -0.137. The molecule has 0 aromatic heterocycles. The molecule has 0 saturated carbocycles. The monoisotopic (exact) mass is 170 g/mol. The van der Waals surface area contributed by atoms with Crippen molar-refractivity contribution in [2.75, 3.05) is 0 Å². The molecule has 0 amide bonds. The Morgan fingerprint density at radius 2 is 2.00 bits per heavy atom. The van der Waals surface area contributed by atoms with Gasteiger partial charge in [-0.15, -0.1) is 0 Å². The summed E-state index contributed by atoms with van der Waals surface area (Å²) in [6.45, 7) is 6.31. The lowest BCUT2D eigenvalue weighted by atomic mass is 10.1. The van der Waals surface area contributed by atoms with E-state index in [-0.39, 0.29) is 6.42 Å². The first-order valence-electron chi connectivity index (χ1n) is 4.41. The number of rotatable bonds is 5. The number of hydrogen-bond donors (Lipinski definition) is 1. The maximum atomic E-state index is 10.2. The zero-order chi connectivity index (χ0) is 9.56. The van der Waals surface area contributed by atoms with E-state index in [1.165, 1.54) is 5.57 Å². The van der Waals surface area contributed by atoms with Crippen LogP contribution in [0.25, 0.3) is 0 Å². The van der Waals surface area contributed by atoms with Gasteiger partial charge in [0.2, 0.25) is 0 Å². The van der Waals surface area contributed by atoms with Gasteiger partial charge in [0.05, 0.1) is 0 Å². The highest BCUT2D eigenvalue weighted by Crippen LogP contribution is 2.09. The molecule has 0 aliphatic heterocycles. The standard InChI is InChI=1S/C10H18O2/c1-8(2)7-9(3)5-4-6-10(11)12/h7-8H,4-6H2,1-3H3,(H,11,12). The van der Waals surface area contributed by atoms with Gasteiger partial charge in [0.25, 0.3) is 0 Å². The molecular formula is C10H18O2. The van der Waals surface area contributed by atoms with Gasteiger partial charge in [-0.05, 0) is 25.7 Å². The summed E-state index contributed by atoms with van der Waals surface area (Å²) in [4.78, 5) is 10.2. The number of carboxylic acid groups (broad SMARTS) is 1. The first kappa shape index (κ1) is 11.2. The van der Waals surface area contributed by atoms with Gasteiger partial charge in [0.15, 0.2) is 0 Å². The first-order chi connectivity index (χ1) is 5.52. The van der Waals surface area contributed by atoms with Crippen LogP contribution in [0.4, 0.5) is 0 Å². The Morgan fingerprint density at radius 3 is 2.42 bits per heavy atom. The van der Waals surface area contributed by atoms with E-state index in [4.69, 9.17) is 5.11 Å². The Hall–Kier alpha value is -0.790. The third-order valence-electron chi connectivity index (χ3n) is 1.58. The van der Waals surface area contributed by atoms with Crippen LogP contribution in [0.15, 0.2) is 11.6 Å². The number of allylic oxidation sites excluding steroid dienone is 2. The van der Waals surface area contributed by atoms with Crippen molar-refractivity contribution in [2.24, 2.45) is 5.92 Å². The van der Waals surface area contributed by atoms with Crippen molar-refractivity contribution in [3.05, 3.63) is 11.6 Å². The molecule has 12 heavy (non-hydrogen) atoms. The van der Waals surface area contributed by atoms with E-state index in [9.17, 15) is 4.79 Å². The normalized spacial score (nSPS) is 12.2. The van der Waals surface area contributed by atoms with Crippen molar-refractivity contribution in [1.82, 2.24) is 0 Å². The van der Waals surface area contributed by atoms with E-state index in [1.807, 2.05) is 0 Å². The molecule has 70 valence electrons. The van der Waals surface area contributed by atoms with Gasteiger partial charge in [0.1, 0.15) is 0 Å². The number of aliphatic carboxylic acids is 1. The van der Waals surface area contributed by atoms with Crippen LogP contribution in [0.3, 0.4) is 0 Å². The van der Waals surface area contributed by atoms with Crippen LogP contribution in [0.1, 0.15) is 40.0 Å². The first-order valence-corrected chi connectivity index (χ1v) is 4.41. The van der Waals surface area contributed by atoms with Gasteiger partial charge in [-0.3, -0.25) is 4.79 Å². The Kier molecular flexibility index (Phi) is 5.43. The summed E-state index contributed by atoms with van der Waals surface area (Å²) in [7, 11) is 0. The van der Waals surface area contributed by atoms with Crippen molar-refractivity contribution in [1.29, 1.82) is 0 Å².